The Kier molecular flexibility index (Phi) is 5.19. The van der Waals surface area contributed by atoms with Crippen molar-refractivity contribution in [1.82, 2.24) is 24.8 Å². The molecule has 26 heavy (non-hydrogen) atoms. The van der Waals surface area contributed by atoms with Crippen molar-refractivity contribution in [2.45, 2.75) is 63.7 Å². The van der Waals surface area contributed by atoms with Crippen LogP contribution in [-0.4, -0.2) is 68.9 Å². The number of amides is 2. The molecule has 0 bridgehead atoms. The maximum atomic E-state index is 12.6. The summed E-state index contributed by atoms with van der Waals surface area (Å²) in [4.78, 5) is 28.8. The van der Waals surface area contributed by atoms with Crippen LogP contribution in [0.2, 0.25) is 0 Å². The molecule has 3 aliphatic heterocycles. The summed E-state index contributed by atoms with van der Waals surface area (Å²) in [5.41, 5.74) is 0.955. The number of likely N-dealkylation sites (tertiary alicyclic amines) is 2. The molecule has 1 aromatic heterocycles. The predicted molar refractivity (Wildman–Crippen MR) is 93.1 cm³/mol. The second-order valence-corrected chi connectivity index (χ2v) is 7.51. The van der Waals surface area contributed by atoms with Crippen LogP contribution in [0, 0.1) is 0 Å². The van der Waals surface area contributed by atoms with Crippen molar-refractivity contribution in [1.29, 1.82) is 0 Å². The molecule has 0 aromatic carbocycles. The Balaban J connectivity index is 1.31. The molecule has 2 atom stereocenters. The number of piperidine rings is 1. The molecular formula is C18H27N5O3. The SMILES string of the molecule is O=C(CCC(=O)N1CC[C@@H]2OCc3cnnn3[C@H]2C1)N1CCCCCC1. The Bertz CT molecular complexity index is 653. The van der Waals surface area contributed by atoms with E-state index in [4.69, 9.17) is 4.74 Å². The number of hydrogen-bond acceptors (Lipinski definition) is 5. The third kappa shape index (κ3) is 3.60. The van der Waals surface area contributed by atoms with E-state index < -0.39 is 0 Å². The number of nitrogens with zero attached hydrogens (tertiary/aromatic N) is 5. The molecule has 0 aliphatic carbocycles. The lowest BCUT2D eigenvalue weighted by atomic mass is 10.00. The van der Waals surface area contributed by atoms with Gasteiger partial charge in [0.15, 0.2) is 0 Å². The van der Waals surface area contributed by atoms with E-state index in [1.54, 1.807) is 6.20 Å². The Morgan fingerprint density at radius 1 is 1.04 bits per heavy atom. The fourth-order valence-corrected chi connectivity index (χ4v) is 4.26. The highest BCUT2D eigenvalue weighted by atomic mass is 16.5. The second-order valence-electron chi connectivity index (χ2n) is 7.51. The molecule has 2 fully saturated rings. The van der Waals surface area contributed by atoms with Crippen LogP contribution in [0.25, 0.3) is 0 Å². The quantitative estimate of drug-likeness (QED) is 0.806. The Labute approximate surface area is 153 Å². The van der Waals surface area contributed by atoms with E-state index in [0.717, 1.165) is 38.0 Å². The molecule has 4 rings (SSSR count). The van der Waals surface area contributed by atoms with Gasteiger partial charge < -0.3 is 14.5 Å². The maximum Gasteiger partial charge on any atom is 0.223 e. The van der Waals surface area contributed by atoms with Gasteiger partial charge in [0.25, 0.3) is 0 Å². The molecule has 2 amide bonds. The largest absolute Gasteiger partial charge is 0.370 e. The van der Waals surface area contributed by atoms with Gasteiger partial charge in [-0.25, -0.2) is 4.68 Å². The van der Waals surface area contributed by atoms with Gasteiger partial charge in [-0.1, -0.05) is 18.1 Å². The smallest absolute Gasteiger partial charge is 0.223 e. The Hall–Kier alpha value is -1.96. The van der Waals surface area contributed by atoms with E-state index >= 15 is 0 Å². The molecule has 4 heterocycles. The van der Waals surface area contributed by atoms with Gasteiger partial charge in [0, 0.05) is 39.0 Å². The number of fused-ring (bicyclic) bond motifs is 3. The van der Waals surface area contributed by atoms with Crippen molar-refractivity contribution in [2.75, 3.05) is 26.2 Å². The van der Waals surface area contributed by atoms with Crippen molar-refractivity contribution in [2.24, 2.45) is 0 Å². The van der Waals surface area contributed by atoms with Gasteiger partial charge in [-0.15, -0.1) is 5.10 Å². The van der Waals surface area contributed by atoms with Gasteiger partial charge in [-0.3, -0.25) is 9.59 Å². The highest BCUT2D eigenvalue weighted by Crippen LogP contribution is 2.30. The molecule has 142 valence electrons. The average Bonchev–Trinajstić information content (AvgIpc) is 2.99. The molecular weight excluding hydrogens is 334 g/mol. The van der Waals surface area contributed by atoms with Crippen LogP contribution in [0.1, 0.15) is 56.7 Å². The van der Waals surface area contributed by atoms with Crippen LogP contribution >= 0.6 is 0 Å². The summed E-state index contributed by atoms with van der Waals surface area (Å²) >= 11 is 0. The summed E-state index contributed by atoms with van der Waals surface area (Å²) in [6, 6.07) is 0.0280. The number of carbonyl (C=O) groups excluding carboxylic acids is 2. The monoisotopic (exact) mass is 361 g/mol. The van der Waals surface area contributed by atoms with Crippen LogP contribution < -0.4 is 0 Å². The van der Waals surface area contributed by atoms with E-state index in [0.29, 0.717) is 26.1 Å². The summed E-state index contributed by atoms with van der Waals surface area (Å²) in [6.07, 6.45) is 7.77. The molecule has 1 aromatic rings. The van der Waals surface area contributed by atoms with Crippen molar-refractivity contribution in [3.05, 3.63) is 11.9 Å². The van der Waals surface area contributed by atoms with E-state index in [2.05, 4.69) is 10.3 Å². The maximum absolute atomic E-state index is 12.6. The van der Waals surface area contributed by atoms with Gasteiger partial charge in [0.05, 0.1) is 30.6 Å². The number of rotatable bonds is 3. The summed E-state index contributed by atoms with van der Waals surface area (Å²) in [5.74, 6) is 0.175. The van der Waals surface area contributed by atoms with Crippen LogP contribution in [0.15, 0.2) is 6.20 Å². The Morgan fingerprint density at radius 2 is 1.77 bits per heavy atom. The minimum Gasteiger partial charge on any atom is -0.370 e. The third-order valence-corrected chi connectivity index (χ3v) is 5.79. The van der Waals surface area contributed by atoms with E-state index in [9.17, 15) is 9.59 Å². The van der Waals surface area contributed by atoms with Crippen molar-refractivity contribution in [3.8, 4) is 0 Å². The van der Waals surface area contributed by atoms with Gasteiger partial charge >= 0.3 is 0 Å². The van der Waals surface area contributed by atoms with E-state index in [-0.39, 0.29) is 30.4 Å². The van der Waals surface area contributed by atoms with Crippen LogP contribution in [-0.2, 0) is 20.9 Å². The highest BCUT2D eigenvalue weighted by Gasteiger charge is 2.37. The first kappa shape index (κ1) is 17.5. The number of hydrogen-bond donors (Lipinski definition) is 0. The predicted octanol–water partition coefficient (Wildman–Crippen LogP) is 1.13. The molecule has 8 nitrogen and oxygen atoms in total. The zero-order chi connectivity index (χ0) is 17.9. The fraction of sp³-hybridized carbons (Fsp3) is 0.778. The minimum absolute atomic E-state index is 0.0280. The van der Waals surface area contributed by atoms with Gasteiger partial charge in [0.1, 0.15) is 0 Å². The minimum atomic E-state index is 0.0280. The van der Waals surface area contributed by atoms with Crippen LogP contribution in [0.5, 0.6) is 0 Å². The first-order chi connectivity index (χ1) is 12.7. The zero-order valence-electron chi connectivity index (χ0n) is 15.2. The first-order valence-corrected chi connectivity index (χ1v) is 9.78. The first-order valence-electron chi connectivity index (χ1n) is 9.78. The lowest BCUT2D eigenvalue weighted by Gasteiger charge is -2.41. The van der Waals surface area contributed by atoms with Crippen molar-refractivity contribution < 1.29 is 14.3 Å². The number of aromatic nitrogens is 3. The molecule has 2 saturated heterocycles. The molecule has 3 aliphatic rings. The second kappa shape index (κ2) is 7.73. The van der Waals surface area contributed by atoms with Crippen molar-refractivity contribution in [3.63, 3.8) is 0 Å². The van der Waals surface area contributed by atoms with Gasteiger partial charge in [-0.2, -0.15) is 0 Å². The summed E-state index contributed by atoms with van der Waals surface area (Å²) in [7, 11) is 0. The third-order valence-electron chi connectivity index (χ3n) is 5.79. The molecule has 0 saturated carbocycles. The van der Waals surface area contributed by atoms with Crippen LogP contribution in [0.4, 0.5) is 0 Å². The zero-order valence-corrected chi connectivity index (χ0v) is 15.2. The molecule has 0 unspecified atom stereocenters. The van der Waals surface area contributed by atoms with Gasteiger partial charge in [0.2, 0.25) is 11.8 Å². The summed E-state index contributed by atoms with van der Waals surface area (Å²) in [6.45, 7) is 3.48. The van der Waals surface area contributed by atoms with E-state index in [1.807, 2.05) is 14.5 Å². The number of ether oxygens (including phenoxy) is 1. The van der Waals surface area contributed by atoms with Crippen LogP contribution in [0.3, 0.4) is 0 Å². The molecule has 0 spiro atoms. The summed E-state index contributed by atoms with van der Waals surface area (Å²) in [5, 5.41) is 8.13. The summed E-state index contributed by atoms with van der Waals surface area (Å²) < 4.78 is 7.78. The highest BCUT2D eigenvalue weighted by molar-refractivity contribution is 5.84. The molecule has 0 N–H and O–H groups in total. The normalized spacial score (nSPS) is 26.0. The fourth-order valence-electron chi connectivity index (χ4n) is 4.26. The number of carbonyl (C=O) groups is 2. The topological polar surface area (TPSA) is 80.6 Å². The van der Waals surface area contributed by atoms with E-state index in [1.165, 1.54) is 12.8 Å². The lowest BCUT2D eigenvalue weighted by molar-refractivity contribution is -0.141. The Morgan fingerprint density at radius 3 is 2.54 bits per heavy atom. The molecule has 0 radical (unpaired) electrons. The molecule has 8 heteroatoms. The lowest BCUT2D eigenvalue weighted by Crippen LogP contribution is -2.50. The van der Waals surface area contributed by atoms with Gasteiger partial charge in [-0.05, 0) is 19.3 Å². The van der Waals surface area contributed by atoms with Crippen molar-refractivity contribution >= 4 is 11.8 Å². The standard InChI is InChI=1S/C18H27N5O3/c24-17(21-8-3-1-2-4-9-21)5-6-18(25)22-10-7-16-15(12-22)23-14(13-26-16)11-19-20-23/h11,15-16H,1-10,12-13H2/t15-,16-/m0/s1. The average molecular weight is 361 g/mol.